The van der Waals surface area contributed by atoms with Crippen molar-refractivity contribution in [1.82, 2.24) is 5.32 Å². The van der Waals surface area contributed by atoms with E-state index in [4.69, 9.17) is 4.74 Å². The molecule has 1 heterocycles. The first kappa shape index (κ1) is 12.4. The van der Waals surface area contributed by atoms with Gasteiger partial charge in [-0.2, -0.15) is 0 Å². The lowest BCUT2D eigenvalue weighted by molar-refractivity contribution is 0.319. The maximum absolute atomic E-state index is 13.8. The third kappa shape index (κ3) is 2.78. The van der Waals surface area contributed by atoms with Crippen molar-refractivity contribution in [3.8, 4) is 5.75 Å². The fourth-order valence-electron chi connectivity index (χ4n) is 2.53. The smallest absolute Gasteiger partial charge is 0.165 e. The van der Waals surface area contributed by atoms with E-state index in [0.29, 0.717) is 24.2 Å². The molecule has 1 aliphatic heterocycles. The number of rotatable bonds is 3. The van der Waals surface area contributed by atoms with Crippen LogP contribution in [-0.2, 0) is 0 Å². The summed E-state index contributed by atoms with van der Waals surface area (Å²) in [5.41, 5.74) is 1.10. The molecule has 1 N–H and O–H groups in total. The van der Waals surface area contributed by atoms with E-state index in [2.05, 4.69) is 12.2 Å². The molecule has 2 nitrogen and oxygen atoms in total. The SMILES string of the molecule is CCOc1ccc([C@@H]2CCNC[C@@H]2C)cc1F. The van der Waals surface area contributed by atoms with Crippen molar-refractivity contribution in [3.63, 3.8) is 0 Å². The lowest BCUT2D eigenvalue weighted by Crippen LogP contribution is -2.33. The molecule has 1 fully saturated rings. The van der Waals surface area contributed by atoms with E-state index in [0.717, 1.165) is 25.1 Å². The summed E-state index contributed by atoms with van der Waals surface area (Å²) in [5, 5.41) is 3.36. The summed E-state index contributed by atoms with van der Waals surface area (Å²) < 4.78 is 19.0. The third-order valence-electron chi connectivity index (χ3n) is 3.47. The van der Waals surface area contributed by atoms with E-state index in [9.17, 15) is 4.39 Å². The van der Waals surface area contributed by atoms with Gasteiger partial charge in [-0.25, -0.2) is 4.39 Å². The molecule has 0 radical (unpaired) electrons. The fraction of sp³-hybridized carbons (Fsp3) is 0.571. The van der Waals surface area contributed by atoms with Crippen LogP contribution in [0.5, 0.6) is 5.75 Å². The maximum atomic E-state index is 13.8. The molecule has 1 saturated heterocycles. The van der Waals surface area contributed by atoms with E-state index in [1.807, 2.05) is 13.0 Å². The van der Waals surface area contributed by atoms with Crippen molar-refractivity contribution in [1.29, 1.82) is 0 Å². The molecule has 17 heavy (non-hydrogen) atoms. The van der Waals surface area contributed by atoms with Gasteiger partial charge in [-0.05, 0) is 56.0 Å². The van der Waals surface area contributed by atoms with Crippen LogP contribution >= 0.6 is 0 Å². The Morgan fingerprint density at radius 2 is 2.29 bits per heavy atom. The summed E-state index contributed by atoms with van der Waals surface area (Å²) in [6, 6.07) is 5.39. The first-order valence-corrected chi connectivity index (χ1v) is 6.35. The zero-order chi connectivity index (χ0) is 12.3. The second-order valence-electron chi connectivity index (χ2n) is 4.70. The molecule has 0 aliphatic carbocycles. The molecular weight excluding hydrogens is 217 g/mol. The van der Waals surface area contributed by atoms with Crippen LogP contribution in [0.15, 0.2) is 18.2 Å². The fourth-order valence-corrected chi connectivity index (χ4v) is 2.53. The molecule has 1 aliphatic rings. The Kier molecular flexibility index (Phi) is 4.00. The summed E-state index contributed by atoms with van der Waals surface area (Å²) >= 11 is 0. The second kappa shape index (κ2) is 5.50. The summed E-state index contributed by atoms with van der Waals surface area (Å²) in [6.45, 7) is 6.61. The van der Waals surface area contributed by atoms with Gasteiger partial charge in [-0.15, -0.1) is 0 Å². The predicted molar refractivity (Wildman–Crippen MR) is 67.0 cm³/mol. The average molecular weight is 237 g/mol. The Bertz CT molecular complexity index is 380. The molecule has 2 atom stereocenters. The summed E-state index contributed by atoms with van der Waals surface area (Å²) in [5.74, 6) is 1.13. The highest BCUT2D eigenvalue weighted by atomic mass is 19.1. The van der Waals surface area contributed by atoms with Gasteiger partial charge in [0, 0.05) is 0 Å². The molecule has 0 aromatic heterocycles. The van der Waals surface area contributed by atoms with Crippen molar-refractivity contribution in [2.24, 2.45) is 5.92 Å². The van der Waals surface area contributed by atoms with Gasteiger partial charge in [-0.3, -0.25) is 0 Å². The highest BCUT2D eigenvalue weighted by Crippen LogP contribution is 2.32. The first-order chi connectivity index (χ1) is 8.22. The lowest BCUT2D eigenvalue weighted by Gasteiger charge is -2.30. The normalized spacial score (nSPS) is 24.6. The quantitative estimate of drug-likeness (QED) is 0.872. The summed E-state index contributed by atoms with van der Waals surface area (Å²) in [7, 11) is 0. The third-order valence-corrected chi connectivity index (χ3v) is 3.47. The van der Waals surface area contributed by atoms with Crippen molar-refractivity contribution < 1.29 is 9.13 Å². The number of ether oxygens (including phenoxy) is 1. The number of hydrogen-bond donors (Lipinski definition) is 1. The lowest BCUT2D eigenvalue weighted by atomic mass is 9.82. The number of halogens is 1. The van der Waals surface area contributed by atoms with Crippen molar-refractivity contribution in [3.05, 3.63) is 29.6 Å². The van der Waals surface area contributed by atoms with E-state index in [1.54, 1.807) is 12.1 Å². The Hall–Kier alpha value is -1.09. The molecule has 1 aromatic carbocycles. The van der Waals surface area contributed by atoms with Gasteiger partial charge < -0.3 is 10.1 Å². The number of nitrogens with one attached hydrogen (secondary N) is 1. The van der Waals surface area contributed by atoms with E-state index >= 15 is 0 Å². The number of piperidine rings is 1. The van der Waals surface area contributed by atoms with Crippen LogP contribution in [0.4, 0.5) is 4.39 Å². The highest BCUT2D eigenvalue weighted by Gasteiger charge is 2.23. The molecule has 0 unspecified atom stereocenters. The van der Waals surface area contributed by atoms with Gasteiger partial charge in [0.25, 0.3) is 0 Å². The van der Waals surface area contributed by atoms with Crippen molar-refractivity contribution in [2.75, 3.05) is 19.7 Å². The van der Waals surface area contributed by atoms with Crippen LogP contribution in [0, 0.1) is 11.7 Å². The van der Waals surface area contributed by atoms with Crippen LogP contribution in [0.25, 0.3) is 0 Å². The molecular formula is C14H20FNO. The zero-order valence-corrected chi connectivity index (χ0v) is 10.5. The van der Waals surface area contributed by atoms with Gasteiger partial charge in [0.1, 0.15) is 0 Å². The monoisotopic (exact) mass is 237 g/mol. The summed E-state index contributed by atoms with van der Waals surface area (Å²) in [4.78, 5) is 0. The Morgan fingerprint density at radius 1 is 1.47 bits per heavy atom. The molecule has 1 aromatic rings. The van der Waals surface area contributed by atoms with Gasteiger partial charge in [0.2, 0.25) is 0 Å². The Morgan fingerprint density at radius 3 is 2.94 bits per heavy atom. The van der Waals surface area contributed by atoms with Crippen LogP contribution in [-0.4, -0.2) is 19.7 Å². The Labute approximate surface area is 102 Å². The number of benzene rings is 1. The minimum Gasteiger partial charge on any atom is -0.491 e. The standard InChI is InChI=1S/C14H20FNO/c1-3-17-14-5-4-11(8-13(14)15)12-6-7-16-9-10(12)2/h4-5,8,10,12,16H,3,6-7,9H2,1-2H3/t10-,12+/m0/s1. The largest absolute Gasteiger partial charge is 0.491 e. The molecule has 2 rings (SSSR count). The van der Waals surface area contributed by atoms with Crippen LogP contribution in [0.1, 0.15) is 31.7 Å². The average Bonchev–Trinajstić information content (AvgIpc) is 2.33. The topological polar surface area (TPSA) is 21.3 Å². The van der Waals surface area contributed by atoms with Crippen LogP contribution < -0.4 is 10.1 Å². The van der Waals surface area contributed by atoms with Crippen LogP contribution in [0.2, 0.25) is 0 Å². The summed E-state index contributed by atoms with van der Waals surface area (Å²) in [6.07, 6.45) is 1.08. The zero-order valence-electron chi connectivity index (χ0n) is 10.5. The van der Waals surface area contributed by atoms with Crippen LogP contribution in [0.3, 0.4) is 0 Å². The predicted octanol–water partition coefficient (Wildman–Crippen LogP) is 2.94. The molecule has 94 valence electrons. The van der Waals surface area contributed by atoms with Crippen molar-refractivity contribution in [2.45, 2.75) is 26.2 Å². The molecule has 0 saturated carbocycles. The maximum Gasteiger partial charge on any atom is 0.165 e. The van der Waals surface area contributed by atoms with Gasteiger partial charge in [0.05, 0.1) is 6.61 Å². The number of hydrogen-bond acceptors (Lipinski definition) is 2. The van der Waals surface area contributed by atoms with E-state index in [1.165, 1.54) is 0 Å². The molecule has 0 spiro atoms. The second-order valence-corrected chi connectivity index (χ2v) is 4.70. The molecule has 3 heteroatoms. The first-order valence-electron chi connectivity index (χ1n) is 6.35. The van der Waals surface area contributed by atoms with E-state index < -0.39 is 0 Å². The van der Waals surface area contributed by atoms with Gasteiger partial charge >= 0.3 is 0 Å². The molecule has 0 amide bonds. The minimum atomic E-state index is -0.241. The van der Waals surface area contributed by atoms with Crippen molar-refractivity contribution >= 4 is 0 Å². The Balaban J connectivity index is 2.18. The van der Waals surface area contributed by atoms with Gasteiger partial charge in [0.15, 0.2) is 11.6 Å². The minimum absolute atomic E-state index is 0.241. The van der Waals surface area contributed by atoms with E-state index in [-0.39, 0.29) is 5.82 Å². The molecule has 0 bridgehead atoms. The van der Waals surface area contributed by atoms with Gasteiger partial charge in [-0.1, -0.05) is 13.0 Å². The highest BCUT2D eigenvalue weighted by molar-refractivity contribution is 5.32.